The maximum Gasteiger partial charge on any atom is 0.227 e. The Balaban J connectivity index is 1.22. The number of nitrogens with zero attached hydrogens (tertiary/aromatic N) is 4. The molecule has 0 N–H and O–H groups in total. The number of piperazine rings is 1. The lowest BCUT2D eigenvalue weighted by molar-refractivity contribution is -0.136. The molecular weight excluding hydrogens is 432 g/mol. The Bertz CT molecular complexity index is 1160. The number of pyridine rings is 1. The molecule has 7 heteroatoms. The van der Waals surface area contributed by atoms with Gasteiger partial charge in [0.1, 0.15) is 5.82 Å². The van der Waals surface area contributed by atoms with Gasteiger partial charge in [-0.15, -0.1) is 11.3 Å². The van der Waals surface area contributed by atoms with Crippen LogP contribution in [-0.2, 0) is 4.79 Å². The highest BCUT2D eigenvalue weighted by molar-refractivity contribution is 7.19. The highest BCUT2D eigenvalue weighted by Crippen LogP contribution is 2.33. The molecule has 1 aromatic carbocycles. The van der Waals surface area contributed by atoms with Crippen molar-refractivity contribution in [3.05, 3.63) is 53.0 Å². The SMILES string of the molecule is CC(=O)c1ccc(N2CCN(C(=O)[C@H]3CCCN(c4nccc5sc(C)cc45)C3)CC2)cc1. The zero-order valence-electron chi connectivity index (χ0n) is 19.3. The van der Waals surface area contributed by atoms with Crippen LogP contribution in [0.2, 0.25) is 0 Å². The van der Waals surface area contributed by atoms with Crippen LogP contribution in [0.25, 0.3) is 10.1 Å². The van der Waals surface area contributed by atoms with Gasteiger partial charge in [-0.25, -0.2) is 4.98 Å². The van der Waals surface area contributed by atoms with Crippen LogP contribution in [0.1, 0.15) is 35.0 Å². The van der Waals surface area contributed by atoms with Gasteiger partial charge in [0.15, 0.2) is 5.78 Å². The number of piperidine rings is 1. The van der Waals surface area contributed by atoms with E-state index in [-0.39, 0.29) is 17.6 Å². The number of carbonyl (C=O) groups is 2. The Morgan fingerprint density at radius 2 is 1.76 bits per heavy atom. The van der Waals surface area contributed by atoms with E-state index < -0.39 is 0 Å². The first-order valence-corrected chi connectivity index (χ1v) is 12.6. The summed E-state index contributed by atoms with van der Waals surface area (Å²) in [5.41, 5.74) is 1.85. The Hall–Kier alpha value is -2.93. The summed E-state index contributed by atoms with van der Waals surface area (Å²) in [7, 11) is 0. The number of fused-ring (bicyclic) bond motifs is 1. The van der Waals surface area contributed by atoms with Gasteiger partial charge in [-0.3, -0.25) is 9.59 Å². The molecule has 0 aliphatic carbocycles. The number of rotatable bonds is 4. The van der Waals surface area contributed by atoms with Crippen LogP contribution in [0.3, 0.4) is 0 Å². The Morgan fingerprint density at radius 3 is 2.48 bits per heavy atom. The van der Waals surface area contributed by atoms with Crippen LogP contribution in [0.15, 0.2) is 42.6 Å². The molecule has 4 heterocycles. The zero-order valence-corrected chi connectivity index (χ0v) is 20.1. The van der Waals surface area contributed by atoms with Gasteiger partial charge in [-0.2, -0.15) is 0 Å². The number of benzene rings is 1. The van der Waals surface area contributed by atoms with E-state index >= 15 is 0 Å². The summed E-state index contributed by atoms with van der Waals surface area (Å²) in [5, 5.41) is 1.21. The Labute approximate surface area is 198 Å². The van der Waals surface area contributed by atoms with Crippen molar-refractivity contribution in [2.45, 2.75) is 26.7 Å². The summed E-state index contributed by atoms with van der Waals surface area (Å²) in [5.74, 6) is 1.41. The van der Waals surface area contributed by atoms with Crippen LogP contribution in [0.4, 0.5) is 11.5 Å². The maximum absolute atomic E-state index is 13.4. The molecule has 0 radical (unpaired) electrons. The molecule has 0 unspecified atom stereocenters. The molecule has 0 bridgehead atoms. The third kappa shape index (κ3) is 4.47. The van der Waals surface area contributed by atoms with Crippen molar-refractivity contribution < 1.29 is 9.59 Å². The molecular formula is C26H30N4O2S. The summed E-state index contributed by atoms with van der Waals surface area (Å²) in [6.07, 6.45) is 3.85. The quantitative estimate of drug-likeness (QED) is 0.539. The Kier molecular flexibility index (Phi) is 6.06. The first-order chi connectivity index (χ1) is 16.0. The van der Waals surface area contributed by atoms with Crippen molar-refractivity contribution >= 4 is 44.6 Å². The smallest absolute Gasteiger partial charge is 0.227 e. The van der Waals surface area contributed by atoms with E-state index in [9.17, 15) is 9.59 Å². The molecule has 2 fully saturated rings. The van der Waals surface area contributed by atoms with E-state index in [0.29, 0.717) is 0 Å². The highest BCUT2D eigenvalue weighted by atomic mass is 32.1. The lowest BCUT2D eigenvalue weighted by Crippen LogP contribution is -2.52. The fourth-order valence-electron chi connectivity index (χ4n) is 5.05. The van der Waals surface area contributed by atoms with E-state index in [0.717, 1.165) is 69.2 Å². The van der Waals surface area contributed by atoms with Crippen LogP contribution < -0.4 is 9.80 Å². The molecule has 0 saturated carbocycles. The molecule has 3 aromatic rings. The van der Waals surface area contributed by atoms with Crippen LogP contribution in [0.5, 0.6) is 0 Å². The number of aryl methyl sites for hydroxylation is 1. The summed E-state index contributed by atoms with van der Waals surface area (Å²) >= 11 is 1.80. The first kappa shape index (κ1) is 21.9. The predicted molar refractivity (Wildman–Crippen MR) is 135 cm³/mol. The number of thiophene rings is 1. The number of carbonyl (C=O) groups excluding carboxylic acids is 2. The fraction of sp³-hybridized carbons (Fsp3) is 0.423. The number of aromatic nitrogens is 1. The largest absolute Gasteiger partial charge is 0.368 e. The van der Waals surface area contributed by atoms with E-state index in [2.05, 4.69) is 28.9 Å². The normalized spacial score (nSPS) is 19.2. The minimum Gasteiger partial charge on any atom is -0.368 e. The lowest BCUT2D eigenvalue weighted by atomic mass is 9.96. The summed E-state index contributed by atoms with van der Waals surface area (Å²) < 4.78 is 1.26. The Morgan fingerprint density at radius 1 is 1.00 bits per heavy atom. The van der Waals surface area contributed by atoms with Crippen molar-refractivity contribution in [2.75, 3.05) is 49.1 Å². The topological polar surface area (TPSA) is 56.8 Å². The number of amides is 1. The minimum atomic E-state index is 0.0249. The number of ketones is 1. The average Bonchev–Trinajstić information content (AvgIpc) is 3.24. The lowest BCUT2D eigenvalue weighted by Gasteiger charge is -2.40. The molecule has 1 amide bonds. The maximum atomic E-state index is 13.4. The fourth-order valence-corrected chi connectivity index (χ4v) is 5.96. The molecule has 2 saturated heterocycles. The van der Waals surface area contributed by atoms with E-state index in [4.69, 9.17) is 4.98 Å². The molecule has 172 valence electrons. The van der Waals surface area contributed by atoms with Gasteiger partial charge in [0.25, 0.3) is 0 Å². The van der Waals surface area contributed by atoms with Crippen molar-refractivity contribution in [1.29, 1.82) is 0 Å². The van der Waals surface area contributed by atoms with Crippen molar-refractivity contribution in [1.82, 2.24) is 9.88 Å². The van der Waals surface area contributed by atoms with Crippen LogP contribution in [-0.4, -0.2) is 60.8 Å². The average molecular weight is 463 g/mol. The van der Waals surface area contributed by atoms with E-state index in [1.807, 2.05) is 35.4 Å². The van der Waals surface area contributed by atoms with Gasteiger partial charge in [0.05, 0.1) is 5.92 Å². The summed E-state index contributed by atoms with van der Waals surface area (Å²) in [4.78, 5) is 37.5. The van der Waals surface area contributed by atoms with Gasteiger partial charge in [-0.1, -0.05) is 0 Å². The molecule has 2 aromatic heterocycles. The second kappa shape index (κ2) is 9.14. The summed E-state index contributed by atoms with van der Waals surface area (Å²) in [6.45, 7) is 8.52. The molecule has 6 nitrogen and oxygen atoms in total. The van der Waals surface area contributed by atoms with Crippen LogP contribution in [0, 0.1) is 12.8 Å². The van der Waals surface area contributed by atoms with Crippen LogP contribution >= 0.6 is 11.3 Å². The molecule has 2 aliphatic heterocycles. The van der Waals surface area contributed by atoms with Crippen molar-refractivity contribution in [3.8, 4) is 0 Å². The highest BCUT2D eigenvalue weighted by Gasteiger charge is 2.32. The van der Waals surface area contributed by atoms with Crippen molar-refractivity contribution in [3.63, 3.8) is 0 Å². The number of hydrogen-bond donors (Lipinski definition) is 0. The van der Waals surface area contributed by atoms with E-state index in [1.54, 1.807) is 18.3 Å². The monoisotopic (exact) mass is 462 g/mol. The predicted octanol–water partition coefficient (Wildman–Crippen LogP) is 4.37. The standard InChI is InChI=1S/C26H30N4O2S/c1-18-16-23-24(33-18)9-10-27-25(23)30-11-3-4-21(17-30)26(32)29-14-12-28(13-15-29)22-7-5-20(6-8-22)19(2)31/h5-10,16,21H,3-4,11-15,17H2,1-2H3/t21-/m0/s1. The van der Waals surface area contributed by atoms with Gasteiger partial charge in [0.2, 0.25) is 5.91 Å². The molecule has 1 atom stereocenters. The van der Waals surface area contributed by atoms with Crippen molar-refractivity contribution in [2.24, 2.45) is 5.92 Å². The number of hydrogen-bond acceptors (Lipinski definition) is 6. The summed E-state index contributed by atoms with van der Waals surface area (Å²) in [6, 6.07) is 12.1. The third-order valence-electron chi connectivity index (χ3n) is 6.85. The molecule has 0 spiro atoms. The number of anilines is 2. The van der Waals surface area contributed by atoms with E-state index in [1.165, 1.54) is 15.0 Å². The molecule has 2 aliphatic rings. The molecule has 5 rings (SSSR count). The zero-order chi connectivity index (χ0) is 22.9. The van der Waals surface area contributed by atoms with Gasteiger partial charge in [-0.05, 0) is 63.1 Å². The van der Waals surface area contributed by atoms with Gasteiger partial charge >= 0.3 is 0 Å². The third-order valence-corrected chi connectivity index (χ3v) is 7.86. The van der Waals surface area contributed by atoms with Gasteiger partial charge in [0, 0.05) is 71.7 Å². The first-order valence-electron chi connectivity index (χ1n) is 11.7. The minimum absolute atomic E-state index is 0.0249. The van der Waals surface area contributed by atoms with Gasteiger partial charge < -0.3 is 14.7 Å². The molecule has 33 heavy (non-hydrogen) atoms. The second-order valence-corrected chi connectivity index (χ2v) is 10.4. The second-order valence-electron chi connectivity index (χ2n) is 9.10. The number of Topliss-reactive ketones (excluding diaryl/α,β-unsaturated/α-hetero) is 1.